The van der Waals surface area contributed by atoms with Crippen LogP contribution in [-0.2, 0) is 21.2 Å². The number of amides is 2. The Bertz CT molecular complexity index is 1320. The highest BCUT2D eigenvalue weighted by Gasteiger charge is 2.32. The van der Waals surface area contributed by atoms with Crippen molar-refractivity contribution in [1.82, 2.24) is 9.78 Å². The molecule has 0 saturated heterocycles. The van der Waals surface area contributed by atoms with Crippen LogP contribution in [0.4, 0.5) is 10.5 Å². The fraction of sp³-hybridized carbons (Fsp3) is 0.348. The monoisotopic (exact) mass is 502 g/mol. The summed E-state index contributed by atoms with van der Waals surface area (Å²) < 4.78 is 34.8. The topological polar surface area (TPSA) is 142 Å². The first-order chi connectivity index (χ1) is 16.5. The van der Waals surface area contributed by atoms with Crippen LogP contribution >= 0.6 is 0 Å². The number of allylic oxidation sites excluding steroid dienone is 3. The number of methoxy groups -OCH3 is 2. The van der Waals surface area contributed by atoms with Crippen molar-refractivity contribution in [2.24, 2.45) is 19.9 Å². The number of hydrogen-bond donors (Lipinski definition) is 2. The Labute approximate surface area is 205 Å². The molecule has 1 aromatic heterocycles. The largest absolute Gasteiger partial charge is 0.497 e. The van der Waals surface area contributed by atoms with E-state index in [1.165, 1.54) is 20.4 Å². The maximum atomic E-state index is 13.2. The molecule has 1 aliphatic rings. The first kappa shape index (κ1) is 26.0. The van der Waals surface area contributed by atoms with Crippen molar-refractivity contribution in [1.29, 1.82) is 0 Å². The van der Waals surface area contributed by atoms with E-state index in [1.807, 2.05) is 26.8 Å². The van der Waals surface area contributed by atoms with Crippen LogP contribution in [0.5, 0.6) is 11.6 Å². The summed E-state index contributed by atoms with van der Waals surface area (Å²) in [7, 11) is -0.666. The number of anilines is 1. The summed E-state index contributed by atoms with van der Waals surface area (Å²) in [4.78, 5) is 16.7. The summed E-state index contributed by atoms with van der Waals surface area (Å²) in [5, 5.41) is 12.9. The highest BCUT2D eigenvalue weighted by atomic mass is 32.2. The van der Waals surface area contributed by atoms with Gasteiger partial charge in [-0.3, -0.25) is 0 Å². The first-order valence-corrected chi connectivity index (χ1v) is 12.2. The highest BCUT2D eigenvalue weighted by molar-refractivity contribution is 7.91. The van der Waals surface area contributed by atoms with E-state index in [0.717, 1.165) is 0 Å². The van der Waals surface area contributed by atoms with Crippen molar-refractivity contribution >= 4 is 33.9 Å². The fourth-order valence-corrected chi connectivity index (χ4v) is 4.47. The zero-order valence-electron chi connectivity index (χ0n) is 20.4. The van der Waals surface area contributed by atoms with Crippen molar-refractivity contribution in [3.05, 3.63) is 48.0 Å². The minimum Gasteiger partial charge on any atom is -0.497 e. The maximum absolute atomic E-state index is 13.2. The van der Waals surface area contributed by atoms with Gasteiger partial charge in [0.25, 0.3) is 0 Å². The predicted octanol–water partition coefficient (Wildman–Crippen LogP) is 3.83. The molecule has 2 heterocycles. The van der Waals surface area contributed by atoms with Gasteiger partial charge in [-0.1, -0.05) is 19.9 Å². The Morgan fingerprint density at radius 1 is 1.40 bits per heavy atom. The molecule has 3 N–H and O–H groups in total. The molecule has 188 valence electrons. The van der Waals surface area contributed by atoms with Crippen LogP contribution in [0.3, 0.4) is 0 Å². The van der Waals surface area contributed by atoms with Gasteiger partial charge in [0.2, 0.25) is 11.8 Å². The number of aromatic nitrogens is 2. The number of carbonyl (C=O) groups is 1. The van der Waals surface area contributed by atoms with Crippen LogP contribution in [0.2, 0.25) is 0 Å². The van der Waals surface area contributed by atoms with Crippen molar-refractivity contribution in [3.63, 3.8) is 0 Å². The average molecular weight is 503 g/mol. The maximum Gasteiger partial charge on any atom is 0.354 e. The third-order valence-corrected chi connectivity index (χ3v) is 6.55. The molecule has 35 heavy (non-hydrogen) atoms. The molecule has 0 spiro atoms. The number of nitrogens with two attached hydrogens (primary N) is 1. The third kappa shape index (κ3) is 5.89. The number of hydrogen-bond acceptors (Lipinski definition) is 7. The van der Waals surface area contributed by atoms with Gasteiger partial charge in [-0.05, 0) is 31.3 Å². The van der Waals surface area contributed by atoms with Gasteiger partial charge in [0.1, 0.15) is 10.6 Å². The number of urea groups is 1. The van der Waals surface area contributed by atoms with Crippen LogP contribution in [0.15, 0.2) is 56.7 Å². The number of fused-ring (bicyclic) bond motifs is 1. The lowest BCUT2D eigenvalue weighted by Gasteiger charge is -2.30. The Kier molecular flexibility index (Phi) is 7.66. The van der Waals surface area contributed by atoms with Crippen LogP contribution in [0.25, 0.3) is 5.57 Å². The third-order valence-electron chi connectivity index (χ3n) is 5.20. The van der Waals surface area contributed by atoms with Crippen LogP contribution < -0.4 is 19.9 Å². The first-order valence-electron chi connectivity index (χ1n) is 10.6. The normalized spacial score (nSPS) is 16.9. The zero-order valence-corrected chi connectivity index (χ0v) is 21.2. The molecule has 0 fully saturated rings. The molecule has 11 nitrogen and oxygen atoms in total. The molecule has 1 aliphatic heterocycles. The van der Waals surface area contributed by atoms with E-state index in [4.69, 9.17) is 19.3 Å². The van der Waals surface area contributed by atoms with Crippen LogP contribution in [-0.4, -0.2) is 47.6 Å². The van der Waals surface area contributed by atoms with E-state index >= 15 is 0 Å². The molecule has 3 rings (SSSR count). The molecule has 0 saturated carbocycles. The van der Waals surface area contributed by atoms with E-state index in [1.54, 1.807) is 29.0 Å². The van der Waals surface area contributed by atoms with E-state index in [9.17, 15) is 9.00 Å². The molecule has 12 heteroatoms. The molecule has 2 aromatic rings. The Hall–Kier alpha value is -3.64. The summed E-state index contributed by atoms with van der Waals surface area (Å²) in [6.07, 6.45) is 4.79. The number of ether oxygens (including phenoxy) is 3. The van der Waals surface area contributed by atoms with Gasteiger partial charge < -0.3 is 19.5 Å². The van der Waals surface area contributed by atoms with Crippen molar-refractivity contribution in [2.45, 2.75) is 32.2 Å². The summed E-state index contributed by atoms with van der Waals surface area (Å²) >= 11 is 0. The van der Waals surface area contributed by atoms with Gasteiger partial charge in [0.05, 0.1) is 39.3 Å². The Balaban J connectivity index is 1.97. The van der Waals surface area contributed by atoms with Gasteiger partial charge in [-0.25, -0.2) is 23.8 Å². The summed E-state index contributed by atoms with van der Waals surface area (Å²) in [6.45, 7) is 10.3. The molecule has 2 amide bonds. The van der Waals surface area contributed by atoms with Crippen LogP contribution in [0.1, 0.15) is 26.3 Å². The Morgan fingerprint density at radius 2 is 2.14 bits per heavy atom. The number of benzene rings is 1. The molecular formula is C23H30N6O5S. The number of nitrogens with zero attached hydrogens (tertiary/aromatic N) is 4. The van der Waals surface area contributed by atoms with Crippen molar-refractivity contribution < 1.29 is 23.2 Å². The standard InChI is InChI=1S/C23H30N6O5S/c1-7-15(10-20(25-4)33-6)17-9-8-16(32-5)11-18(17)27-22(30)28-35(24,31)19-12-26-29-13-23(2,3)14-34-21(19)29/h7-12H,4,13-14H2,1-3,5-6H3,(H3,24,27,28,30,31)/b15-7+,20-10+. The minimum absolute atomic E-state index is 0.0629. The quantitative estimate of drug-likeness (QED) is 0.335. The van der Waals surface area contributed by atoms with Crippen molar-refractivity contribution in [3.8, 4) is 11.6 Å². The molecule has 1 atom stereocenters. The highest BCUT2D eigenvalue weighted by Crippen LogP contribution is 2.34. The van der Waals surface area contributed by atoms with Gasteiger partial charge in [-0.15, -0.1) is 4.36 Å². The zero-order chi connectivity index (χ0) is 25.8. The number of carbonyl (C=O) groups excluding carboxylic acids is 1. The van der Waals surface area contributed by atoms with E-state index in [-0.39, 0.29) is 22.1 Å². The lowest BCUT2D eigenvalue weighted by atomic mass is 9.94. The smallest absolute Gasteiger partial charge is 0.354 e. The number of aliphatic imine (C=N–C) groups is 1. The van der Waals surface area contributed by atoms with Gasteiger partial charge in [0.15, 0.2) is 9.92 Å². The second kappa shape index (κ2) is 10.3. The number of nitrogens with one attached hydrogen (secondary N) is 1. The average Bonchev–Trinajstić information content (AvgIpc) is 3.22. The molecule has 0 aliphatic carbocycles. The number of rotatable bonds is 7. The summed E-state index contributed by atoms with van der Waals surface area (Å²) in [6, 6.07) is 4.19. The minimum atomic E-state index is -3.64. The summed E-state index contributed by atoms with van der Waals surface area (Å²) in [5.41, 5.74) is 1.51. The lowest BCUT2D eigenvalue weighted by Crippen LogP contribution is -2.33. The van der Waals surface area contributed by atoms with Crippen LogP contribution in [0, 0.1) is 5.41 Å². The van der Waals surface area contributed by atoms with E-state index in [2.05, 4.69) is 26.5 Å². The predicted molar refractivity (Wildman–Crippen MR) is 135 cm³/mol. The molecule has 0 bridgehead atoms. The molecule has 0 radical (unpaired) electrons. The SMILES string of the molecule is C=N/C(=C\C(=C/C)c1ccc(OC)cc1NC(=O)N=S(N)(=O)c1cnn2c1OCC(C)(C)C2)OC. The van der Waals surface area contributed by atoms with Gasteiger partial charge >= 0.3 is 6.03 Å². The second-order valence-corrected chi connectivity index (χ2v) is 10.3. The molecular weight excluding hydrogens is 472 g/mol. The van der Waals surface area contributed by atoms with E-state index in [0.29, 0.717) is 35.7 Å². The second-order valence-electron chi connectivity index (χ2n) is 8.51. The van der Waals surface area contributed by atoms with E-state index < -0.39 is 15.9 Å². The van der Waals surface area contributed by atoms with Crippen molar-refractivity contribution in [2.75, 3.05) is 26.1 Å². The van der Waals surface area contributed by atoms with Gasteiger partial charge in [0, 0.05) is 23.1 Å². The fourth-order valence-electron chi connectivity index (χ4n) is 3.47. The molecule has 1 unspecified atom stereocenters. The van der Waals surface area contributed by atoms with Gasteiger partial charge in [-0.2, -0.15) is 5.10 Å². The Morgan fingerprint density at radius 3 is 2.77 bits per heavy atom. The lowest BCUT2D eigenvalue weighted by molar-refractivity contribution is 0.0972. The molecule has 1 aromatic carbocycles. The summed E-state index contributed by atoms with van der Waals surface area (Å²) in [5.74, 6) is 1.03.